The van der Waals surface area contributed by atoms with Crippen LogP contribution in [0.2, 0.25) is 0 Å². The lowest BCUT2D eigenvalue weighted by Crippen LogP contribution is -2.62. The quantitative estimate of drug-likeness (QED) is 0.160. The van der Waals surface area contributed by atoms with E-state index in [0.717, 1.165) is 44.4 Å². The Kier molecular flexibility index (Phi) is 15.3. The SMILES string of the molecule is CCn1c(-c2cnccc2COC)c2c3cc(ccc31)-c1cc(O)cc(c1)C[C@H](NC(=O)[C@H](C(C)C)N(C)C(=O)[C@H]1CCN(C(=O)C(C)(C)N(C)C)C1)C(=O)N1CCC[C@H](N1)C(=O)OCC(C)(C)C2. The molecule has 2 fully saturated rings. The maximum atomic E-state index is 14.8. The molecule has 0 saturated carbocycles. The summed E-state index contributed by atoms with van der Waals surface area (Å²) in [5.74, 6) is -2.66. The summed E-state index contributed by atoms with van der Waals surface area (Å²) in [5, 5.41) is 16.8. The van der Waals surface area contributed by atoms with Crippen LogP contribution in [-0.2, 0) is 59.4 Å². The smallest absolute Gasteiger partial charge is 0.324 e. The molecule has 69 heavy (non-hydrogen) atoms. The maximum absolute atomic E-state index is 14.8. The number of methoxy groups -OCH3 is 1. The number of pyridine rings is 1. The molecule has 0 spiro atoms. The number of hydrogen-bond acceptors (Lipinski definition) is 11. The molecule has 0 unspecified atom stereocenters. The van der Waals surface area contributed by atoms with Crippen molar-refractivity contribution in [3.05, 3.63) is 71.5 Å². The van der Waals surface area contributed by atoms with Crippen molar-refractivity contribution in [2.45, 2.75) is 117 Å². The molecule has 372 valence electrons. The van der Waals surface area contributed by atoms with Crippen LogP contribution in [0.1, 0.15) is 84.4 Å². The zero-order valence-electron chi connectivity index (χ0n) is 42.3. The highest BCUT2D eigenvalue weighted by Crippen LogP contribution is 2.41. The summed E-state index contributed by atoms with van der Waals surface area (Å²) in [6, 6.07) is 10.5. The van der Waals surface area contributed by atoms with E-state index in [-0.39, 0.29) is 49.6 Å². The Bertz CT molecular complexity index is 2580. The van der Waals surface area contributed by atoms with Crippen molar-refractivity contribution in [1.29, 1.82) is 0 Å². The van der Waals surface area contributed by atoms with Crippen LogP contribution in [0.4, 0.5) is 0 Å². The monoisotopic (exact) mass is 949 g/mol. The zero-order valence-corrected chi connectivity index (χ0v) is 42.3. The van der Waals surface area contributed by atoms with Gasteiger partial charge < -0.3 is 34.3 Å². The number of nitrogens with one attached hydrogen (secondary N) is 2. The Hall–Kier alpha value is -5.84. The fraction of sp³-hybridized carbons (Fsp3) is 0.547. The van der Waals surface area contributed by atoms with E-state index < -0.39 is 52.8 Å². The molecule has 2 aromatic heterocycles. The van der Waals surface area contributed by atoms with E-state index >= 15 is 0 Å². The molecular formula is C53H72N8O8. The van der Waals surface area contributed by atoms with Crippen LogP contribution in [0.15, 0.2) is 54.9 Å². The summed E-state index contributed by atoms with van der Waals surface area (Å²) in [4.78, 5) is 80.7. The van der Waals surface area contributed by atoms with Crippen LogP contribution >= 0.6 is 0 Å². The first kappa shape index (κ1) is 51.0. The number of aryl methyl sites for hydroxylation is 1. The summed E-state index contributed by atoms with van der Waals surface area (Å²) in [6.07, 6.45) is 5.59. The highest BCUT2D eigenvalue weighted by molar-refractivity contribution is 5.96. The number of esters is 1. The Morgan fingerprint density at radius 1 is 1.04 bits per heavy atom. The third kappa shape index (κ3) is 10.7. The number of carbonyl (C=O) groups excluding carboxylic acids is 5. The zero-order chi connectivity index (χ0) is 50.1. The van der Waals surface area contributed by atoms with Gasteiger partial charge in [-0.3, -0.25) is 38.9 Å². The van der Waals surface area contributed by atoms with E-state index in [1.807, 2.05) is 71.1 Å². The fourth-order valence-corrected chi connectivity index (χ4v) is 10.3. The van der Waals surface area contributed by atoms with Gasteiger partial charge >= 0.3 is 5.97 Å². The van der Waals surface area contributed by atoms with Crippen LogP contribution in [0.3, 0.4) is 0 Å². The van der Waals surface area contributed by atoms with Crippen molar-refractivity contribution in [3.8, 4) is 28.1 Å². The molecule has 16 nitrogen and oxygen atoms in total. The summed E-state index contributed by atoms with van der Waals surface area (Å²) in [7, 11) is 6.98. The van der Waals surface area contributed by atoms with E-state index in [1.165, 1.54) is 9.91 Å². The van der Waals surface area contributed by atoms with Gasteiger partial charge in [-0.15, -0.1) is 0 Å². The van der Waals surface area contributed by atoms with Crippen LogP contribution in [0, 0.1) is 17.3 Å². The highest BCUT2D eigenvalue weighted by Gasteiger charge is 2.43. The number of fused-ring (bicyclic) bond motifs is 6. The summed E-state index contributed by atoms with van der Waals surface area (Å²) >= 11 is 0. The minimum Gasteiger partial charge on any atom is -0.508 e. The van der Waals surface area contributed by atoms with Crippen LogP contribution in [-0.4, -0.2) is 142 Å². The molecule has 4 atom stereocenters. The van der Waals surface area contributed by atoms with Gasteiger partial charge in [0.25, 0.3) is 5.91 Å². The Morgan fingerprint density at radius 3 is 2.49 bits per heavy atom. The Balaban J connectivity index is 1.27. The predicted octanol–water partition coefficient (Wildman–Crippen LogP) is 5.56. The molecular weight excluding hydrogens is 877 g/mol. The Morgan fingerprint density at radius 2 is 1.80 bits per heavy atom. The molecule has 3 N–H and O–H groups in total. The summed E-state index contributed by atoms with van der Waals surface area (Å²) in [6.45, 7) is 15.8. The third-order valence-electron chi connectivity index (χ3n) is 14.4. The number of hydrazine groups is 1. The average Bonchev–Trinajstić information content (AvgIpc) is 3.92. The number of phenolic OH excluding ortho intramolecular Hbond substituents is 1. The molecule has 0 radical (unpaired) electrons. The van der Waals surface area contributed by atoms with Gasteiger partial charge in [0.2, 0.25) is 17.7 Å². The van der Waals surface area contributed by atoms with Gasteiger partial charge in [-0.2, -0.15) is 0 Å². The normalized spacial score (nSPS) is 20.5. The lowest BCUT2D eigenvalue weighted by molar-refractivity contribution is -0.155. The molecule has 3 aliphatic rings. The number of amides is 4. The molecule has 5 heterocycles. The van der Waals surface area contributed by atoms with Crippen molar-refractivity contribution in [3.63, 3.8) is 0 Å². The predicted molar refractivity (Wildman–Crippen MR) is 264 cm³/mol. The molecule has 4 amide bonds. The van der Waals surface area contributed by atoms with Crippen LogP contribution < -0.4 is 10.7 Å². The number of benzene rings is 2. The van der Waals surface area contributed by atoms with Crippen molar-refractivity contribution in [2.75, 3.05) is 54.5 Å². The third-order valence-corrected chi connectivity index (χ3v) is 14.4. The number of aromatic nitrogens is 2. The molecule has 6 bridgehead atoms. The Labute approximate surface area is 406 Å². The fourth-order valence-electron chi connectivity index (χ4n) is 10.3. The van der Waals surface area contributed by atoms with E-state index in [2.05, 4.69) is 53.2 Å². The van der Waals surface area contributed by atoms with E-state index in [4.69, 9.17) is 9.47 Å². The van der Waals surface area contributed by atoms with Crippen molar-refractivity contribution < 1.29 is 38.6 Å². The molecule has 0 aliphatic carbocycles. The molecule has 3 aliphatic heterocycles. The number of likely N-dealkylation sites (tertiary alicyclic amines) is 1. The summed E-state index contributed by atoms with van der Waals surface area (Å²) in [5.41, 5.74) is 9.00. The second-order valence-electron chi connectivity index (χ2n) is 21.0. The largest absolute Gasteiger partial charge is 0.508 e. The van der Waals surface area contributed by atoms with Gasteiger partial charge in [-0.1, -0.05) is 39.8 Å². The number of carbonyl (C=O) groups is 5. The lowest BCUT2D eigenvalue weighted by atomic mass is 9.84. The molecule has 2 aromatic carbocycles. The van der Waals surface area contributed by atoms with Gasteiger partial charge in [0.1, 0.15) is 23.9 Å². The van der Waals surface area contributed by atoms with E-state index in [9.17, 15) is 29.1 Å². The van der Waals surface area contributed by atoms with Crippen molar-refractivity contribution in [2.24, 2.45) is 17.3 Å². The number of cyclic esters (lactones) is 1. The molecule has 16 heteroatoms. The van der Waals surface area contributed by atoms with Gasteiger partial charge in [-0.05, 0) is 125 Å². The number of rotatable bonds is 11. The lowest BCUT2D eigenvalue weighted by Gasteiger charge is -2.37. The average molecular weight is 949 g/mol. The molecule has 7 rings (SSSR count). The minimum atomic E-state index is -1.17. The van der Waals surface area contributed by atoms with Gasteiger partial charge in [0, 0.05) is 81.0 Å². The van der Waals surface area contributed by atoms with Gasteiger partial charge in [-0.25, -0.2) is 5.43 Å². The van der Waals surface area contributed by atoms with E-state index in [0.29, 0.717) is 50.9 Å². The second kappa shape index (κ2) is 20.6. The van der Waals surface area contributed by atoms with Gasteiger partial charge in [0.05, 0.1) is 30.4 Å². The first-order chi connectivity index (χ1) is 32.6. The minimum absolute atomic E-state index is 0.00950. The molecule has 4 aromatic rings. The van der Waals surface area contributed by atoms with E-state index in [1.54, 1.807) is 37.4 Å². The van der Waals surface area contributed by atoms with Crippen molar-refractivity contribution >= 4 is 40.5 Å². The summed E-state index contributed by atoms with van der Waals surface area (Å²) < 4.78 is 14.0. The topological polar surface area (TPSA) is 179 Å². The number of ether oxygens (including phenoxy) is 2. The van der Waals surface area contributed by atoms with Crippen LogP contribution in [0.25, 0.3) is 33.3 Å². The number of aromatic hydroxyl groups is 1. The molecule has 2 saturated heterocycles. The first-order valence-electron chi connectivity index (χ1n) is 24.3. The van der Waals surface area contributed by atoms with Crippen LogP contribution in [0.5, 0.6) is 5.75 Å². The number of hydrogen-bond donors (Lipinski definition) is 3. The first-order valence-corrected chi connectivity index (χ1v) is 24.3. The maximum Gasteiger partial charge on any atom is 0.324 e. The number of likely N-dealkylation sites (N-methyl/N-ethyl adjacent to an activating group) is 2. The number of phenols is 1. The highest BCUT2D eigenvalue weighted by atomic mass is 16.5. The standard InChI is InChI=1S/C53H72N8O8/c1-12-60-44-16-15-34-26-39(44)40(46(60)41-28-54-19-17-36(41)30-68-11)27-52(4,5)31-69-50(66)42-14-13-20-61(56-42)49(65)43(24-33-22-37(34)25-38(62)23-33)55-47(63)45(32(2)3)58(10)48(64)35-18-21-59(29-35)51(67)53(6,7)57(8)9/h15-17,19,22-23,25-26,28,32,35,42-43,45,56,62H,12-14,18,20-21,24,27,29-31H2,1-11H3,(H,55,63)/t35-,42-,43-,45-/m0/s1. The second-order valence-corrected chi connectivity index (χ2v) is 21.0. The number of nitrogens with zero attached hydrogens (tertiary/aromatic N) is 6. The van der Waals surface area contributed by atoms with Gasteiger partial charge in [0.15, 0.2) is 0 Å². The van der Waals surface area contributed by atoms with Crippen molar-refractivity contribution in [1.82, 2.24) is 40.0 Å².